The van der Waals surface area contributed by atoms with Crippen molar-refractivity contribution in [2.75, 3.05) is 11.5 Å². The molecule has 178 valence electrons. The van der Waals surface area contributed by atoms with E-state index in [2.05, 4.69) is 21.2 Å². The molecule has 7 nitrogen and oxygen atoms in total. The Hall–Kier alpha value is -3.98. The second kappa shape index (κ2) is 10.5. The van der Waals surface area contributed by atoms with Crippen molar-refractivity contribution in [2.45, 2.75) is 13.5 Å². The highest BCUT2D eigenvalue weighted by atomic mass is 79.9. The molecule has 1 N–H and O–H groups in total. The lowest BCUT2D eigenvalue weighted by Crippen LogP contribution is -2.54. The number of hydrogen-bond acceptors (Lipinski definition) is 5. The van der Waals surface area contributed by atoms with Gasteiger partial charge in [-0.1, -0.05) is 34.1 Å². The molecule has 0 saturated carbocycles. The van der Waals surface area contributed by atoms with E-state index in [0.29, 0.717) is 34.9 Å². The van der Waals surface area contributed by atoms with Crippen molar-refractivity contribution < 1.29 is 28.2 Å². The zero-order chi connectivity index (χ0) is 24.9. The minimum absolute atomic E-state index is 0.128. The molecule has 4 amide bonds. The van der Waals surface area contributed by atoms with E-state index in [1.54, 1.807) is 61.5 Å². The highest BCUT2D eigenvalue weighted by molar-refractivity contribution is 9.10. The topological polar surface area (TPSA) is 84.9 Å². The van der Waals surface area contributed by atoms with E-state index in [-0.39, 0.29) is 18.0 Å². The van der Waals surface area contributed by atoms with E-state index in [1.165, 1.54) is 18.2 Å². The molecule has 0 aliphatic carbocycles. The second-order valence-electron chi connectivity index (χ2n) is 7.49. The lowest BCUT2D eigenvalue weighted by molar-refractivity contribution is -0.122. The van der Waals surface area contributed by atoms with E-state index < -0.39 is 17.8 Å². The Morgan fingerprint density at radius 2 is 1.74 bits per heavy atom. The Morgan fingerprint density at radius 3 is 2.46 bits per heavy atom. The van der Waals surface area contributed by atoms with Crippen molar-refractivity contribution in [1.29, 1.82) is 0 Å². The van der Waals surface area contributed by atoms with Crippen LogP contribution >= 0.6 is 15.9 Å². The summed E-state index contributed by atoms with van der Waals surface area (Å²) in [7, 11) is 0. The largest absolute Gasteiger partial charge is 0.490 e. The summed E-state index contributed by atoms with van der Waals surface area (Å²) in [6.45, 7) is 2.28. The quantitative estimate of drug-likeness (QED) is 0.328. The van der Waals surface area contributed by atoms with Gasteiger partial charge in [-0.25, -0.2) is 14.1 Å². The number of benzene rings is 3. The molecule has 1 saturated heterocycles. The van der Waals surface area contributed by atoms with Gasteiger partial charge in [-0.2, -0.15) is 0 Å². The minimum Gasteiger partial charge on any atom is -0.490 e. The third-order valence-electron chi connectivity index (χ3n) is 5.05. The number of hydrogen-bond donors (Lipinski definition) is 1. The molecule has 0 atom stereocenters. The number of barbiturate groups is 1. The van der Waals surface area contributed by atoms with Gasteiger partial charge in [0, 0.05) is 4.47 Å². The predicted octanol–water partition coefficient (Wildman–Crippen LogP) is 5.23. The Kier molecular flexibility index (Phi) is 7.26. The maximum atomic E-state index is 13.4. The molecule has 35 heavy (non-hydrogen) atoms. The average Bonchev–Trinajstić information content (AvgIpc) is 2.82. The Morgan fingerprint density at radius 1 is 0.971 bits per heavy atom. The number of amides is 4. The van der Waals surface area contributed by atoms with E-state index >= 15 is 0 Å². The van der Waals surface area contributed by atoms with Gasteiger partial charge in [0.2, 0.25) is 0 Å². The molecule has 9 heteroatoms. The minimum atomic E-state index is -0.824. The van der Waals surface area contributed by atoms with E-state index in [4.69, 9.17) is 9.47 Å². The van der Waals surface area contributed by atoms with E-state index in [0.717, 1.165) is 9.37 Å². The van der Waals surface area contributed by atoms with Gasteiger partial charge in [-0.15, -0.1) is 0 Å². The van der Waals surface area contributed by atoms with Crippen LogP contribution in [0.4, 0.5) is 14.9 Å². The monoisotopic (exact) mass is 538 g/mol. The number of carbonyl (C=O) groups excluding carboxylic acids is 3. The highest BCUT2D eigenvalue weighted by Gasteiger charge is 2.36. The zero-order valence-corrected chi connectivity index (χ0v) is 20.2. The lowest BCUT2D eigenvalue weighted by Gasteiger charge is -2.26. The fourth-order valence-electron chi connectivity index (χ4n) is 3.44. The molecule has 3 aromatic rings. The van der Waals surface area contributed by atoms with Gasteiger partial charge in [0.05, 0.1) is 12.3 Å². The second-order valence-corrected chi connectivity index (χ2v) is 8.41. The van der Waals surface area contributed by atoms with Crippen LogP contribution in [0.2, 0.25) is 0 Å². The SMILES string of the molecule is CCOc1cc(/C=C2\C(=O)NC(=O)N(c3ccc(Br)cc3)C2=O)ccc1OCc1cccc(F)c1. The zero-order valence-electron chi connectivity index (χ0n) is 18.6. The van der Waals surface area contributed by atoms with Crippen LogP contribution < -0.4 is 19.7 Å². The summed E-state index contributed by atoms with van der Waals surface area (Å²) in [5, 5.41) is 2.20. The summed E-state index contributed by atoms with van der Waals surface area (Å²) in [6.07, 6.45) is 1.38. The number of nitrogens with zero attached hydrogens (tertiary/aromatic N) is 1. The molecule has 0 radical (unpaired) electrons. The first-order valence-electron chi connectivity index (χ1n) is 10.7. The van der Waals surface area contributed by atoms with Gasteiger partial charge in [-0.05, 0) is 72.7 Å². The maximum Gasteiger partial charge on any atom is 0.335 e. The number of carbonyl (C=O) groups is 3. The van der Waals surface area contributed by atoms with Crippen molar-refractivity contribution in [3.63, 3.8) is 0 Å². The van der Waals surface area contributed by atoms with Crippen molar-refractivity contribution in [3.8, 4) is 11.5 Å². The van der Waals surface area contributed by atoms with Gasteiger partial charge in [-0.3, -0.25) is 14.9 Å². The summed E-state index contributed by atoms with van der Waals surface area (Å²) in [5.41, 5.74) is 1.27. The Labute approximate surface area is 209 Å². The predicted molar refractivity (Wildman–Crippen MR) is 131 cm³/mol. The van der Waals surface area contributed by atoms with Crippen molar-refractivity contribution in [3.05, 3.63) is 93.7 Å². The maximum absolute atomic E-state index is 13.4. The van der Waals surface area contributed by atoms with Crippen molar-refractivity contribution in [2.24, 2.45) is 0 Å². The van der Waals surface area contributed by atoms with Crippen LogP contribution in [-0.4, -0.2) is 24.5 Å². The molecule has 1 heterocycles. The molecule has 1 aliphatic heterocycles. The van der Waals surface area contributed by atoms with E-state index in [1.807, 2.05) is 0 Å². The number of imide groups is 2. The first-order valence-corrected chi connectivity index (χ1v) is 11.5. The number of anilines is 1. The number of halogens is 2. The van der Waals surface area contributed by atoms with Crippen LogP contribution in [0.3, 0.4) is 0 Å². The summed E-state index contributed by atoms with van der Waals surface area (Å²) in [5.74, 6) is -1.08. The summed E-state index contributed by atoms with van der Waals surface area (Å²) < 4.78 is 25.7. The van der Waals surface area contributed by atoms with Crippen LogP contribution in [0.15, 0.2) is 76.8 Å². The average molecular weight is 539 g/mol. The van der Waals surface area contributed by atoms with Gasteiger partial charge < -0.3 is 9.47 Å². The van der Waals surface area contributed by atoms with Gasteiger partial charge in [0.25, 0.3) is 11.8 Å². The van der Waals surface area contributed by atoms with Crippen LogP contribution in [0.5, 0.6) is 11.5 Å². The van der Waals surface area contributed by atoms with Crippen LogP contribution in [-0.2, 0) is 16.2 Å². The fraction of sp³-hybridized carbons (Fsp3) is 0.115. The molecular formula is C26H20BrFN2O5. The molecule has 1 aliphatic rings. The van der Waals surface area contributed by atoms with E-state index in [9.17, 15) is 18.8 Å². The first kappa shape index (κ1) is 24.2. The van der Waals surface area contributed by atoms with Gasteiger partial charge in [0.1, 0.15) is 18.0 Å². The van der Waals surface area contributed by atoms with Gasteiger partial charge >= 0.3 is 6.03 Å². The number of rotatable bonds is 7. The fourth-order valence-corrected chi connectivity index (χ4v) is 3.70. The first-order chi connectivity index (χ1) is 16.9. The molecule has 0 spiro atoms. The number of urea groups is 1. The summed E-state index contributed by atoms with van der Waals surface area (Å²) in [4.78, 5) is 38.8. The molecule has 4 rings (SSSR count). The molecule has 0 unspecified atom stereocenters. The number of nitrogens with one attached hydrogen (secondary N) is 1. The van der Waals surface area contributed by atoms with Gasteiger partial charge in [0.15, 0.2) is 11.5 Å². The normalized spacial score (nSPS) is 14.8. The van der Waals surface area contributed by atoms with Crippen LogP contribution in [0.25, 0.3) is 6.08 Å². The summed E-state index contributed by atoms with van der Waals surface area (Å²) >= 11 is 3.31. The smallest absolute Gasteiger partial charge is 0.335 e. The van der Waals surface area contributed by atoms with Crippen molar-refractivity contribution >= 4 is 45.5 Å². The van der Waals surface area contributed by atoms with Crippen LogP contribution in [0, 0.1) is 5.82 Å². The molecule has 0 bridgehead atoms. The highest BCUT2D eigenvalue weighted by Crippen LogP contribution is 2.31. The summed E-state index contributed by atoms with van der Waals surface area (Å²) in [6, 6.07) is 16.7. The number of ether oxygens (including phenoxy) is 2. The Bertz CT molecular complexity index is 1320. The van der Waals surface area contributed by atoms with Crippen LogP contribution in [0.1, 0.15) is 18.1 Å². The lowest BCUT2D eigenvalue weighted by atomic mass is 10.1. The third-order valence-corrected chi connectivity index (χ3v) is 5.58. The van der Waals surface area contributed by atoms with Crippen molar-refractivity contribution in [1.82, 2.24) is 5.32 Å². The molecule has 0 aromatic heterocycles. The third kappa shape index (κ3) is 5.58. The molecule has 1 fully saturated rings. The Balaban J connectivity index is 1.61. The molecular weight excluding hydrogens is 519 g/mol. The molecule has 3 aromatic carbocycles. The standard InChI is InChI=1S/C26H20BrFN2O5/c1-2-34-23-14-16(6-11-22(23)35-15-17-4-3-5-19(28)12-17)13-21-24(31)29-26(33)30(25(21)32)20-9-7-18(27)8-10-20/h3-14H,2,15H2,1H3,(H,29,31,33)/b21-13+.